The molecule has 1 rings (SSSR count). The van der Waals surface area contributed by atoms with Crippen LogP contribution in [0.25, 0.3) is 0 Å². The molecule has 0 atom stereocenters. The molecule has 1 aromatic carbocycles. The van der Waals surface area contributed by atoms with Gasteiger partial charge in [-0.2, -0.15) is 0 Å². The molecule has 0 aliphatic rings. The van der Waals surface area contributed by atoms with E-state index in [2.05, 4.69) is 27.1 Å². The molecule has 0 N–H and O–H groups in total. The highest BCUT2D eigenvalue weighted by Crippen LogP contribution is 2.24. The minimum Gasteiger partial charge on any atom is -0.325 e. The largest absolute Gasteiger partial charge is 0.325 e. The maximum atomic E-state index is 6.13. The molecule has 0 amide bonds. The molecule has 0 aliphatic heterocycles. The molecule has 150 valence electrons. The zero-order valence-corrected chi connectivity index (χ0v) is 18.8. The van der Waals surface area contributed by atoms with Crippen molar-refractivity contribution in [3.05, 3.63) is 33.8 Å². The van der Waals surface area contributed by atoms with E-state index >= 15 is 0 Å². The van der Waals surface area contributed by atoms with E-state index in [9.17, 15) is 0 Å². The third-order valence-corrected chi connectivity index (χ3v) is 5.95. The van der Waals surface area contributed by atoms with Gasteiger partial charge in [0.15, 0.2) is 0 Å². The quantitative estimate of drug-likeness (QED) is 0.205. The molecule has 0 fully saturated rings. The third kappa shape index (κ3) is 11.5. The summed E-state index contributed by atoms with van der Waals surface area (Å²) in [5.41, 5.74) is 1.27. The Hall–Kier alpha value is -0.240. The fourth-order valence-corrected chi connectivity index (χ4v) is 3.91. The Bertz CT molecular complexity index is 485. The first-order valence-corrected chi connectivity index (χ1v) is 11.5. The van der Waals surface area contributed by atoms with E-state index in [0.29, 0.717) is 10.0 Å². The average molecular weight is 401 g/mol. The molecule has 0 heterocycles. The monoisotopic (exact) mass is 400 g/mol. The lowest BCUT2D eigenvalue weighted by molar-refractivity contribution is -0.903. The lowest BCUT2D eigenvalue weighted by atomic mass is 10.1. The fraction of sp³-hybridized carbons (Fsp3) is 0.739. The van der Waals surface area contributed by atoms with Crippen LogP contribution in [0.5, 0.6) is 0 Å². The van der Waals surface area contributed by atoms with Crippen molar-refractivity contribution in [1.82, 2.24) is 0 Å². The molecular formula is C23H40Cl2N+. The Morgan fingerprint density at radius 3 is 1.69 bits per heavy atom. The van der Waals surface area contributed by atoms with Crippen LogP contribution in [0.4, 0.5) is 0 Å². The minimum absolute atomic E-state index is 0.640. The number of quaternary nitrogens is 1. The van der Waals surface area contributed by atoms with Gasteiger partial charge in [0.1, 0.15) is 6.54 Å². The van der Waals surface area contributed by atoms with E-state index in [-0.39, 0.29) is 0 Å². The van der Waals surface area contributed by atoms with Crippen molar-refractivity contribution in [3.63, 3.8) is 0 Å². The lowest BCUT2D eigenvalue weighted by Gasteiger charge is -2.30. The van der Waals surface area contributed by atoms with Gasteiger partial charge in [-0.25, -0.2) is 0 Å². The van der Waals surface area contributed by atoms with Crippen molar-refractivity contribution >= 4 is 23.2 Å². The van der Waals surface area contributed by atoms with Crippen LogP contribution in [-0.4, -0.2) is 25.1 Å². The third-order valence-electron chi connectivity index (χ3n) is 5.21. The first-order valence-electron chi connectivity index (χ1n) is 10.7. The smallest absolute Gasteiger partial charge is 0.104 e. The highest BCUT2D eigenvalue weighted by atomic mass is 35.5. The van der Waals surface area contributed by atoms with Crippen LogP contribution in [0.1, 0.15) is 89.5 Å². The van der Waals surface area contributed by atoms with Crippen LogP contribution >= 0.6 is 23.2 Å². The van der Waals surface area contributed by atoms with Gasteiger partial charge in [0, 0.05) is 5.56 Å². The summed E-state index contributed by atoms with van der Waals surface area (Å²) in [6.07, 6.45) is 16.9. The van der Waals surface area contributed by atoms with Gasteiger partial charge in [0.05, 0.1) is 30.7 Å². The lowest BCUT2D eigenvalue weighted by Crippen LogP contribution is -2.39. The summed E-state index contributed by atoms with van der Waals surface area (Å²) in [7, 11) is 4.61. The van der Waals surface area contributed by atoms with Crippen molar-refractivity contribution in [1.29, 1.82) is 0 Å². The number of benzene rings is 1. The molecule has 0 unspecified atom stereocenters. The standard InChI is InChI=1S/C23H40Cl2N/c1-4-5-6-7-8-9-10-11-12-13-14-15-18-26(2,3)20-21-16-17-22(24)23(25)19-21/h16-17,19H,4-15,18,20H2,1-3H3/q+1. The van der Waals surface area contributed by atoms with Gasteiger partial charge in [-0.1, -0.05) is 100 Å². The van der Waals surface area contributed by atoms with E-state index < -0.39 is 0 Å². The molecule has 3 heteroatoms. The number of rotatable bonds is 15. The van der Waals surface area contributed by atoms with Gasteiger partial charge in [0.2, 0.25) is 0 Å². The topological polar surface area (TPSA) is 0 Å². The summed E-state index contributed by atoms with van der Waals surface area (Å²) in [6.45, 7) is 4.51. The van der Waals surface area contributed by atoms with Crippen LogP contribution < -0.4 is 0 Å². The molecule has 0 saturated heterocycles. The number of hydrogen-bond donors (Lipinski definition) is 0. The molecular weight excluding hydrogens is 361 g/mol. The minimum atomic E-state index is 0.640. The Labute approximate surface area is 172 Å². The van der Waals surface area contributed by atoms with Gasteiger partial charge >= 0.3 is 0 Å². The SMILES string of the molecule is CCCCCCCCCCCCCC[N+](C)(C)Cc1ccc(Cl)c(Cl)c1. The normalized spacial score (nSPS) is 11.9. The van der Waals surface area contributed by atoms with Gasteiger partial charge in [-0.3, -0.25) is 0 Å². The fourth-order valence-electron chi connectivity index (χ4n) is 3.59. The van der Waals surface area contributed by atoms with Crippen LogP contribution in [0.15, 0.2) is 18.2 Å². The Morgan fingerprint density at radius 2 is 1.19 bits per heavy atom. The summed E-state index contributed by atoms with van der Waals surface area (Å²) in [5.74, 6) is 0. The highest BCUT2D eigenvalue weighted by Gasteiger charge is 2.16. The molecule has 0 aromatic heterocycles. The van der Waals surface area contributed by atoms with Gasteiger partial charge in [-0.15, -0.1) is 0 Å². The first-order chi connectivity index (χ1) is 12.4. The van der Waals surface area contributed by atoms with Gasteiger partial charge in [-0.05, 0) is 25.0 Å². The summed E-state index contributed by atoms with van der Waals surface area (Å²) in [5, 5.41) is 1.30. The van der Waals surface area contributed by atoms with Crippen molar-refractivity contribution < 1.29 is 4.48 Å². The summed E-state index contributed by atoms with van der Waals surface area (Å²) >= 11 is 12.1. The molecule has 0 spiro atoms. The molecule has 0 bridgehead atoms. The molecule has 0 aliphatic carbocycles. The zero-order chi connectivity index (χ0) is 19.3. The zero-order valence-electron chi connectivity index (χ0n) is 17.3. The Morgan fingerprint density at radius 1 is 0.692 bits per heavy atom. The van der Waals surface area contributed by atoms with Crippen LogP contribution in [0.2, 0.25) is 10.0 Å². The highest BCUT2D eigenvalue weighted by molar-refractivity contribution is 6.42. The van der Waals surface area contributed by atoms with Gasteiger partial charge in [0.25, 0.3) is 0 Å². The predicted octanol–water partition coefficient (Wildman–Crippen LogP) is 8.27. The second-order valence-corrected chi connectivity index (χ2v) is 9.27. The van der Waals surface area contributed by atoms with Crippen molar-refractivity contribution in [2.24, 2.45) is 0 Å². The van der Waals surface area contributed by atoms with Crippen molar-refractivity contribution in [2.45, 2.75) is 90.5 Å². The second kappa shape index (κ2) is 13.9. The van der Waals surface area contributed by atoms with E-state index in [0.717, 1.165) is 11.0 Å². The summed E-state index contributed by atoms with van der Waals surface area (Å²) in [6, 6.07) is 6.01. The van der Waals surface area contributed by atoms with E-state index in [4.69, 9.17) is 23.2 Å². The molecule has 0 saturated carbocycles. The molecule has 26 heavy (non-hydrogen) atoms. The molecule has 1 nitrogen and oxygen atoms in total. The van der Waals surface area contributed by atoms with Crippen molar-refractivity contribution in [3.8, 4) is 0 Å². The van der Waals surface area contributed by atoms with Crippen LogP contribution in [0.3, 0.4) is 0 Å². The summed E-state index contributed by atoms with van der Waals surface area (Å²) < 4.78 is 1.01. The maximum Gasteiger partial charge on any atom is 0.104 e. The molecule has 1 aromatic rings. The Balaban J connectivity index is 2.03. The Kier molecular flexibility index (Phi) is 12.7. The van der Waals surface area contributed by atoms with Gasteiger partial charge < -0.3 is 4.48 Å². The molecule has 0 radical (unpaired) electrons. The first kappa shape index (κ1) is 23.8. The summed E-state index contributed by atoms with van der Waals surface area (Å²) in [4.78, 5) is 0. The number of halogens is 2. The average Bonchev–Trinajstić information content (AvgIpc) is 2.59. The van der Waals surface area contributed by atoms with Crippen LogP contribution in [0, 0.1) is 0 Å². The number of hydrogen-bond acceptors (Lipinski definition) is 0. The van der Waals surface area contributed by atoms with E-state index in [1.165, 1.54) is 89.2 Å². The second-order valence-electron chi connectivity index (χ2n) is 8.46. The van der Waals surface area contributed by atoms with E-state index in [1.54, 1.807) is 0 Å². The van der Waals surface area contributed by atoms with Crippen molar-refractivity contribution in [2.75, 3.05) is 20.6 Å². The van der Waals surface area contributed by atoms with Crippen LogP contribution in [-0.2, 0) is 6.54 Å². The number of nitrogens with zero attached hydrogens (tertiary/aromatic N) is 1. The maximum absolute atomic E-state index is 6.13. The van der Waals surface area contributed by atoms with E-state index in [1.807, 2.05) is 12.1 Å². The predicted molar refractivity (Wildman–Crippen MR) is 118 cm³/mol. The number of unbranched alkanes of at least 4 members (excludes halogenated alkanes) is 11.